The molecular weight excluding hydrogens is 394 g/mol. The van der Waals surface area contributed by atoms with Crippen LogP contribution in [-0.2, 0) is 10.0 Å². The number of hydrogen-bond donors (Lipinski definition) is 3. The molecule has 0 saturated carbocycles. The molecule has 1 amide bonds. The van der Waals surface area contributed by atoms with E-state index in [0.717, 1.165) is 25.9 Å². The second-order valence-corrected chi connectivity index (χ2v) is 7.77. The lowest BCUT2D eigenvalue weighted by atomic mass is 10.1. The lowest BCUT2D eigenvalue weighted by molar-refractivity contribution is 0.1000. The van der Waals surface area contributed by atoms with Crippen molar-refractivity contribution in [1.29, 1.82) is 0 Å². The van der Waals surface area contributed by atoms with Crippen LogP contribution in [-0.4, -0.2) is 34.0 Å². The van der Waals surface area contributed by atoms with Crippen molar-refractivity contribution in [2.45, 2.75) is 17.7 Å². The van der Waals surface area contributed by atoms with Crippen LogP contribution < -0.4 is 15.8 Å². The molecule has 1 aliphatic rings. The van der Waals surface area contributed by atoms with Gasteiger partial charge in [0, 0.05) is 16.6 Å². The molecule has 1 saturated heterocycles. The average molecular weight is 413 g/mol. The van der Waals surface area contributed by atoms with E-state index in [-0.39, 0.29) is 22.9 Å². The summed E-state index contributed by atoms with van der Waals surface area (Å²) < 4.78 is 27.5. The number of halogens is 2. The summed E-state index contributed by atoms with van der Waals surface area (Å²) in [6.45, 7) is 2.31. The van der Waals surface area contributed by atoms with Gasteiger partial charge in [-0.3, -0.25) is 4.79 Å². The van der Waals surface area contributed by atoms with Gasteiger partial charge < -0.3 is 11.1 Å². The Morgan fingerprint density at radius 3 is 2.73 bits per heavy atom. The van der Waals surface area contributed by atoms with Crippen molar-refractivity contribution in [2.75, 3.05) is 19.6 Å². The molecular formula is C13H19BrClN3O3S. The first kappa shape index (κ1) is 19.4. The lowest BCUT2D eigenvalue weighted by Crippen LogP contribution is -2.27. The zero-order valence-electron chi connectivity index (χ0n) is 11.8. The Morgan fingerprint density at radius 1 is 1.41 bits per heavy atom. The fourth-order valence-corrected chi connectivity index (χ4v) is 4.06. The maximum Gasteiger partial charge on any atom is 0.248 e. The second-order valence-electron chi connectivity index (χ2n) is 5.09. The smallest absolute Gasteiger partial charge is 0.248 e. The largest absolute Gasteiger partial charge is 0.366 e. The summed E-state index contributed by atoms with van der Waals surface area (Å²) in [5, 5.41) is 3.24. The van der Waals surface area contributed by atoms with E-state index in [0.29, 0.717) is 16.9 Å². The van der Waals surface area contributed by atoms with Crippen molar-refractivity contribution in [1.82, 2.24) is 10.0 Å². The SMILES string of the molecule is Cl.NC(=O)c1cc(Br)cc(S(=O)(=O)NCCC2CCNC2)c1. The number of sulfonamides is 1. The number of nitrogens with one attached hydrogen (secondary N) is 2. The number of amides is 1. The predicted molar refractivity (Wildman–Crippen MR) is 90.7 cm³/mol. The maximum atomic E-state index is 12.2. The molecule has 1 aromatic rings. The Hall–Kier alpha value is -0.670. The fraction of sp³-hybridized carbons (Fsp3) is 0.462. The van der Waals surface area contributed by atoms with Gasteiger partial charge in [0.15, 0.2) is 0 Å². The molecule has 1 atom stereocenters. The van der Waals surface area contributed by atoms with Gasteiger partial charge in [-0.25, -0.2) is 13.1 Å². The Kier molecular flexibility index (Phi) is 7.27. The van der Waals surface area contributed by atoms with Crippen molar-refractivity contribution in [3.05, 3.63) is 28.2 Å². The van der Waals surface area contributed by atoms with Gasteiger partial charge in [0.1, 0.15) is 0 Å². The van der Waals surface area contributed by atoms with E-state index in [1.807, 2.05) is 0 Å². The Labute approximate surface area is 144 Å². The van der Waals surface area contributed by atoms with E-state index in [4.69, 9.17) is 5.73 Å². The standard InChI is InChI=1S/C13H18BrN3O3S.ClH/c14-11-5-10(13(15)18)6-12(7-11)21(19,20)17-4-2-9-1-3-16-8-9;/h5-7,9,16-17H,1-4,8H2,(H2,15,18);1H. The Bertz CT molecular complexity index is 633. The maximum absolute atomic E-state index is 12.2. The Balaban J connectivity index is 0.00000242. The topological polar surface area (TPSA) is 101 Å². The number of rotatable bonds is 6. The minimum absolute atomic E-state index is 0. The molecule has 1 unspecified atom stereocenters. The van der Waals surface area contributed by atoms with E-state index in [9.17, 15) is 13.2 Å². The molecule has 1 aliphatic heterocycles. The van der Waals surface area contributed by atoms with Gasteiger partial charge in [-0.2, -0.15) is 0 Å². The molecule has 0 aromatic heterocycles. The zero-order valence-corrected chi connectivity index (χ0v) is 15.1. The molecule has 124 valence electrons. The third kappa shape index (κ3) is 5.20. The highest BCUT2D eigenvalue weighted by Crippen LogP contribution is 2.20. The van der Waals surface area contributed by atoms with E-state index in [1.54, 1.807) is 0 Å². The molecule has 9 heteroatoms. The van der Waals surface area contributed by atoms with E-state index in [2.05, 4.69) is 26.0 Å². The van der Waals surface area contributed by atoms with Gasteiger partial charge in [0.2, 0.25) is 15.9 Å². The van der Waals surface area contributed by atoms with Crippen molar-refractivity contribution < 1.29 is 13.2 Å². The van der Waals surface area contributed by atoms with Gasteiger partial charge in [-0.05, 0) is 50.0 Å². The van der Waals surface area contributed by atoms with E-state index >= 15 is 0 Å². The van der Waals surface area contributed by atoms with Crippen LogP contribution in [0.25, 0.3) is 0 Å². The fourth-order valence-electron chi connectivity index (χ4n) is 2.30. The van der Waals surface area contributed by atoms with Crippen LogP contribution in [0.1, 0.15) is 23.2 Å². The monoisotopic (exact) mass is 411 g/mol. The summed E-state index contributed by atoms with van der Waals surface area (Å²) in [5.41, 5.74) is 5.35. The van der Waals surface area contributed by atoms with Crippen LogP contribution in [0.4, 0.5) is 0 Å². The summed E-state index contributed by atoms with van der Waals surface area (Å²) in [6, 6.07) is 4.23. The van der Waals surface area contributed by atoms with Crippen LogP contribution in [0.5, 0.6) is 0 Å². The zero-order chi connectivity index (χ0) is 15.5. The molecule has 22 heavy (non-hydrogen) atoms. The molecule has 0 spiro atoms. The van der Waals surface area contributed by atoms with Crippen molar-refractivity contribution in [2.24, 2.45) is 11.7 Å². The highest BCUT2D eigenvalue weighted by Gasteiger charge is 2.19. The van der Waals surface area contributed by atoms with E-state index < -0.39 is 15.9 Å². The molecule has 1 aromatic carbocycles. The van der Waals surface area contributed by atoms with Gasteiger partial charge in [-0.1, -0.05) is 15.9 Å². The molecule has 1 heterocycles. The molecule has 2 rings (SSSR count). The quantitative estimate of drug-likeness (QED) is 0.654. The van der Waals surface area contributed by atoms with Crippen LogP contribution in [0.3, 0.4) is 0 Å². The minimum Gasteiger partial charge on any atom is -0.366 e. The Morgan fingerprint density at radius 2 is 2.14 bits per heavy atom. The third-order valence-corrected chi connectivity index (χ3v) is 5.37. The van der Waals surface area contributed by atoms with Gasteiger partial charge in [0.05, 0.1) is 4.90 Å². The predicted octanol–water partition coefficient (Wildman–Crippen LogP) is 1.25. The minimum atomic E-state index is -3.64. The molecule has 0 bridgehead atoms. The lowest BCUT2D eigenvalue weighted by Gasteiger charge is -2.11. The van der Waals surface area contributed by atoms with Crippen molar-refractivity contribution in [3.63, 3.8) is 0 Å². The molecule has 0 radical (unpaired) electrons. The van der Waals surface area contributed by atoms with E-state index in [1.165, 1.54) is 18.2 Å². The number of benzene rings is 1. The van der Waals surface area contributed by atoms with Crippen LogP contribution >= 0.6 is 28.3 Å². The van der Waals surface area contributed by atoms with Crippen LogP contribution in [0.15, 0.2) is 27.6 Å². The first-order valence-electron chi connectivity index (χ1n) is 6.69. The molecule has 1 fully saturated rings. The van der Waals surface area contributed by atoms with Gasteiger partial charge in [-0.15, -0.1) is 12.4 Å². The number of primary amides is 1. The number of nitrogens with two attached hydrogens (primary N) is 1. The summed E-state index contributed by atoms with van der Waals surface area (Å²) in [6.07, 6.45) is 1.87. The highest BCUT2D eigenvalue weighted by atomic mass is 79.9. The average Bonchev–Trinajstić information content (AvgIpc) is 2.91. The molecule has 6 nitrogen and oxygen atoms in total. The third-order valence-electron chi connectivity index (χ3n) is 3.47. The van der Waals surface area contributed by atoms with Crippen molar-refractivity contribution >= 4 is 44.3 Å². The molecule has 4 N–H and O–H groups in total. The van der Waals surface area contributed by atoms with Crippen LogP contribution in [0.2, 0.25) is 0 Å². The summed E-state index contributed by atoms with van der Waals surface area (Å²) in [7, 11) is -3.64. The number of carbonyl (C=O) groups is 1. The second kappa shape index (κ2) is 8.26. The normalized spacial score (nSPS) is 18.0. The molecule has 0 aliphatic carbocycles. The first-order chi connectivity index (χ1) is 9.88. The first-order valence-corrected chi connectivity index (χ1v) is 8.97. The van der Waals surface area contributed by atoms with Gasteiger partial charge in [0.25, 0.3) is 0 Å². The number of carbonyl (C=O) groups excluding carboxylic acids is 1. The summed E-state index contributed by atoms with van der Waals surface area (Å²) in [4.78, 5) is 11.2. The summed E-state index contributed by atoms with van der Waals surface area (Å²) in [5.74, 6) is -0.152. The highest BCUT2D eigenvalue weighted by molar-refractivity contribution is 9.10. The van der Waals surface area contributed by atoms with Crippen molar-refractivity contribution in [3.8, 4) is 0 Å². The number of hydrogen-bond acceptors (Lipinski definition) is 4. The van der Waals surface area contributed by atoms with Gasteiger partial charge >= 0.3 is 0 Å². The van der Waals surface area contributed by atoms with Crippen LogP contribution in [0, 0.1) is 5.92 Å². The summed E-state index contributed by atoms with van der Waals surface area (Å²) >= 11 is 3.19.